The Morgan fingerprint density at radius 1 is 1.16 bits per heavy atom. The topological polar surface area (TPSA) is 69.9 Å². The van der Waals surface area contributed by atoms with Gasteiger partial charge < -0.3 is 4.74 Å². The molecule has 4 rings (SSSR count). The van der Waals surface area contributed by atoms with Crippen LogP contribution in [-0.4, -0.2) is 32.1 Å². The molecule has 0 saturated carbocycles. The van der Waals surface area contributed by atoms with E-state index in [4.69, 9.17) is 16.3 Å². The second-order valence-electron chi connectivity index (χ2n) is 5.12. The van der Waals surface area contributed by atoms with Gasteiger partial charge in [-0.25, -0.2) is 14.6 Å². The highest BCUT2D eigenvalue weighted by Crippen LogP contribution is 2.25. The van der Waals surface area contributed by atoms with E-state index in [1.165, 1.54) is 17.7 Å². The Hall–Kier alpha value is -2.77. The molecule has 0 radical (unpaired) electrons. The van der Waals surface area contributed by atoms with Crippen LogP contribution in [0.15, 0.2) is 55.0 Å². The lowest BCUT2D eigenvalue weighted by atomic mass is 10.3. The minimum absolute atomic E-state index is 0.126. The Kier molecular flexibility index (Phi) is 4.17. The molecule has 8 heteroatoms. The first-order valence-electron chi connectivity index (χ1n) is 7.38. The van der Waals surface area contributed by atoms with Crippen molar-refractivity contribution in [2.24, 2.45) is 0 Å². The Morgan fingerprint density at radius 3 is 2.76 bits per heavy atom. The summed E-state index contributed by atoms with van der Waals surface area (Å²) < 4.78 is 7.87. The molecular weight excluding hydrogens is 360 g/mol. The fourth-order valence-corrected chi connectivity index (χ4v) is 3.33. The third kappa shape index (κ3) is 3.11. The van der Waals surface area contributed by atoms with Gasteiger partial charge in [0.15, 0.2) is 12.3 Å². The summed E-state index contributed by atoms with van der Waals surface area (Å²) in [6, 6.07) is 13.0. The van der Waals surface area contributed by atoms with E-state index in [9.17, 15) is 4.79 Å². The van der Waals surface area contributed by atoms with Crippen LogP contribution in [-0.2, 0) is 0 Å². The first-order valence-corrected chi connectivity index (χ1v) is 8.57. The van der Waals surface area contributed by atoms with Crippen molar-refractivity contribution in [1.82, 2.24) is 19.7 Å². The standard InChI is InChI=1S/C17H11ClN4O2S/c18-15-7-6-14(25-15)13(23)9-24-17-12-8-21-22(16(12)19-10-20-17)11-4-2-1-3-5-11/h1-8,10H,9H2. The Labute approximate surface area is 151 Å². The van der Waals surface area contributed by atoms with Gasteiger partial charge in [-0.3, -0.25) is 4.79 Å². The van der Waals surface area contributed by atoms with Gasteiger partial charge >= 0.3 is 0 Å². The van der Waals surface area contributed by atoms with Gasteiger partial charge in [-0.2, -0.15) is 5.10 Å². The molecule has 3 aromatic heterocycles. The van der Waals surface area contributed by atoms with E-state index in [2.05, 4.69) is 15.1 Å². The van der Waals surface area contributed by atoms with E-state index in [1.807, 2.05) is 30.3 Å². The molecule has 0 unspecified atom stereocenters. The molecule has 0 bridgehead atoms. The Balaban J connectivity index is 1.61. The van der Waals surface area contributed by atoms with E-state index in [0.29, 0.717) is 26.1 Å². The summed E-state index contributed by atoms with van der Waals surface area (Å²) in [5.41, 5.74) is 1.49. The molecule has 0 fully saturated rings. The van der Waals surface area contributed by atoms with Crippen LogP contribution >= 0.6 is 22.9 Å². The van der Waals surface area contributed by atoms with Gasteiger partial charge in [0, 0.05) is 0 Å². The fourth-order valence-electron chi connectivity index (χ4n) is 2.36. The number of ketones is 1. The average Bonchev–Trinajstić information content (AvgIpc) is 3.27. The van der Waals surface area contributed by atoms with Crippen LogP contribution in [0, 0.1) is 0 Å². The van der Waals surface area contributed by atoms with Crippen molar-refractivity contribution in [2.45, 2.75) is 0 Å². The van der Waals surface area contributed by atoms with E-state index in [1.54, 1.807) is 23.0 Å². The number of fused-ring (bicyclic) bond motifs is 1. The summed E-state index contributed by atoms with van der Waals surface area (Å²) in [7, 11) is 0. The fraction of sp³-hybridized carbons (Fsp3) is 0.0588. The molecule has 0 amide bonds. The normalized spacial score (nSPS) is 10.9. The van der Waals surface area contributed by atoms with Crippen LogP contribution in [0.4, 0.5) is 0 Å². The van der Waals surface area contributed by atoms with Gasteiger partial charge in [-0.05, 0) is 24.3 Å². The highest BCUT2D eigenvalue weighted by atomic mass is 35.5. The number of aromatic nitrogens is 4. The van der Waals surface area contributed by atoms with Gasteiger partial charge in [0.05, 0.1) is 21.1 Å². The van der Waals surface area contributed by atoms with Crippen molar-refractivity contribution in [3.8, 4) is 11.6 Å². The summed E-state index contributed by atoms with van der Waals surface area (Å²) in [6.45, 7) is -0.126. The van der Waals surface area contributed by atoms with Crippen LogP contribution in [0.1, 0.15) is 9.67 Å². The SMILES string of the molecule is O=C(COc1ncnc2c1cnn2-c1ccccc1)c1ccc(Cl)s1. The summed E-state index contributed by atoms with van der Waals surface area (Å²) in [5, 5.41) is 4.99. The molecule has 1 aromatic carbocycles. The van der Waals surface area contributed by atoms with Crippen molar-refractivity contribution in [3.05, 3.63) is 64.2 Å². The lowest BCUT2D eigenvalue weighted by Gasteiger charge is -2.05. The number of hydrogen-bond acceptors (Lipinski definition) is 6. The number of benzene rings is 1. The maximum Gasteiger partial charge on any atom is 0.228 e. The van der Waals surface area contributed by atoms with E-state index in [-0.39, 0.29) is 12.4 Å². The largest absolute Gasteiger partial charge is 0.469 e. The molecule has 6 nitrogen and oxygen atoms in total. The number of Topliss-reactive ketones (excluding diaryl/α,β-unsaturated/α-hetero) is 1. The Bertz CT molecular complexity index is 1050. The molecule has 0 atom stereocenters. The predicted molar refractivity (Wildman–Crippen MR) is 95.8 cm³/mol. The van der Waals surface area contributed by atoms with Crippen LogP contribution in [0.25, 0.3) is 16.7 Å². The van der Waals surface area contributed by atoms with E-state index in [0.717, 1.165) is 5.69 Å². The number of para-hydroxylation sites is 1. The number of carbonyl (C=O) groups is 1. The van der Waals surface area contributed by atoms with Gasteiger partial charge in [-0.15, -0.1) is 11.3 Å². The van der Waals surface area contributed by atoms with Crippen LogP contribution < -0.4 is 4.74 Å². The lowest BCUT2D eigenvalue weighted by molar-refractivity contribution is 0.0923. The van der Waals surface area contributed by atoms with Crippen molar-refractivity contribution in [2.75, 3.05) is 6.61 Å². The summed E-state index contributed by atoms with van der Waals surface area (Å²) >= 11 is 7.08. The highest BCUT2D eigenvalue weighted by molar-refractivity contribution is 7.18. The quantitative estimate of drug-likeness (QED) is 0.500. The zero-order valence-corrected chi connectivity index (χ0v) is 14.4. The molecule has 0 saturated heterocycles. The lowest BCUT2D eigenvalue weighted by Crippen LogP contribution is -2.11. The number of thiophene rings is 1. The third-order valence-electron chi connectivity index (χ3n) is 3.52. The molecule has 0 spiro atoms. The first kappa shape index (κ1) is 15.7. The van der Waals surface area contributed by atoms with Gasteiger partial charge in [0.1, 0.15) is 11.7 Å². The number of ether oxygens (including phenoxy) is 1. The highest BCUT2D eigenvalue weighted by Gasteiger charge is 2.15. The molecule has 3 heterocycles. The zero-order valence-electron chi connectivity index (χ0n) is 12.8. The minimum atomic E-state index is -0.154. The second-order valence-corrected chi connectivity index (χ2v) is 6.84. The molecule has 0 aliphatic heterocycles. The third-order valence-corrected chi connectivity index (χ3v) is 4.79. The molecule has 124 valence electrons. The van der Waals surface area contributed by atoms with Gasteiger partial charge in [0.2, 0.25) is 11.7 Å². The van der Waals surface area contributed by atoms with E-state index >= 15 is 0 Å². The monoisotopic (exact) mass is 370 g/mol. The zero-order chi connectivity index (χ0) is 17.2. The molecular formula is C17H11ClN4O2S. The van der Waals surface area contributed by atoms with E-state index < -0.39 is 0 Å². The molecule has 0 aliphatic carbocycles. The second kappa shape index (κ2) is 6.62. The summed E-state index contributed by atoms with van der Waals surface area (Å²) in [4.78, 5) is 21.1. The van der Waals surface area contributed by atoms with Gasteiger partial charge in [-0.1, -0.05) is 29.8 Å². The van der Waals surface area contributed by atoms with Crippen molar-refractivity contribution in [1.29, 1.82) is 0 Å². The molecule has 0 aliphatic rings. The van der Waals surface area contributed by atoms with Crippen LogP contribution in [0.5, 0.6) is 5.88 Å². The smallest absolute Gasteiger partial charge is 0.228 e. The summed E-state index contributed by atoms with van der Waals surface area (Å²) in [6.07, 6.45) is 3.02. The van der Waals surface area contributed by atoms with Gasteiger partial charge in [0.25, 0.3) is 0 Å². The Morgan fingerprint density at radius 2 is 2.00 bits per heavy atom. The number of rotatable bonds is 5. The number of nitrogens with zero attached hydrogens (tertiary/aromatic N) is 4. The predicted octanol–water partition coefficient (Wildman–Crippen LogP) is 3.79. The first-order chi connectivity index (χ1) is 12.2. The molecule has 0 N–H and O–H groups in total. The maximum atomic E-state index is 12.2. The van der Waals surface area contributed by atoms with Crippen molar-refractivity contribution >= 4 is 39.8 Å². The molecule has 25 heavy (non-hydrogen) atoms. The number of halogens is 1. The average molecular weight is 371 g/mol. The number of carbonyl (C=O) groups excluding carboxylic acids is 1. The maximum absolute atomic E-state index is 12.2. The summed E-state index contributed by atoms with van der Waals surface area (Å²) in [5.74, 6) is 0.169. The van der Waals surface area contributed by atoms with Crippen molar-refractivity contribution < 1.29 is 9.53 Å². The molecule has 4 aromatic rings. The van der Waals surface area contributed by atoms with Crippen molar-refractivity contribution in [3.63, 3.8) is 0 Å². The number of hydrogen-bond donors (Lipinski definition) is 0. The minimum Gasteiger partial charge on any atom is -0.469 e. The van der Waals surface area contributed by atoms with Crippen LogP contribution in [0.2, 0.25) is 4.34 Å². The van der Waals surface area contributed by atoms with Crippen LogP contribution in [0.3, 0.4) is 0 Å².